The van der Waals surface area contributed by atoms with Gasteiger partial charge in [-0.15, -0.1) is 0 Å². The normalized spacial score (nSPS) is 12.5. The Morgan fingerprint density at radius 3 is 2.77 bits per heavy atom. The first kappa shape index (κ1) is 12.4. The van der Waals surface area contributed by atoms with Gasteiger partial charge in [0.15, 0.2) is 0 Å². The highest BCUT2D eigenvalue weighted by Crippen LogP contribution is 2.02. The molecule has 13 heavy (non-hydrogen) atoms. The van der Waals surface area contributed by atoms with Gasteiger partial charge in [0.2, 0.25) is 0 Å². The van der Waals surface area contributed by atoms with Gasteiger partial charge in [0.05, 0.1) is 13.2 Å². The molecule has 0 aliphatic heterocycles. The summed E-state index contributed by atoms with van der Waals surface area (Å²) in [5.41, 5.74) is 0. The molecule has 4 nitrogen and oxygen atoms in total. The zero-order valence-electron chi connectivity index (χ0n) is 8.28. The average Bonchev–Trinajstić information content (AvgIpc) is 2.14. The van der Waals surface area contributed by atoms with E-state index in [0.29, 0.717) is 25.4 Å². The molecule has 0 heterocycles. The van der Waals surface area contributed by atoms with Crippen LogP contribution >= 0.6 is 0 Å². The predicted octanol–water partition coefficient (Wildman–Crippen LogP) is 1.85. The van der Waals surface area contributed by atoms with Crippen LogP contribution in [0.4, 0.5) is 0 Å². The van der Waals surface area contributed by atoms with Crippen LogP contribution in [0.5, 0.6) is 0 Å². The number of rotatable bonds is 7. The SMILES string of the molecule is CCC(C)COC(=O)CCCOO. The van der Waals surface area contributed by atoms with Gasteiger partial charge in [0, 0.05) is 6.42 Å². The molecule has 0 radical (unpaired) electrons. The van der Waals surface area contributed by atoms with Crippen molar-refractivity contribution in [2.75, 3.05) is 13.2 Å². The van der Waals surface area contributed by atoms with Crippen molar-refractivity contribution >= 4 is 5.97 Å². The molecular formula is C9H18O4. The molecule has 0 saturated carbocycles. The van der Waals surface area contributed by atoms with Crippen molar-refractivity contribution in [3.05, 3.63) is 0 Å². The van der Waals surface area contributed by atoms with Crippen molar-refractivity contribution in [1.29, 1.82) is 0 Å². The van der Waals surface area contributed by atoms with Gasteiger partial charge in [-0.05, 0) is 12.3 Å². The van der Waals surface area contributed by atoms with Crippen LogP contribution in [0.25, 0.3) is 0 Å². The Kier molecular flexibility index (Phi) is 7.63. The molecule has 0 amide bonds. The Labute approximate surface area is 78.8 Å². The fourth-order valence-corrected chi connectivity index (χ4v) is 0.706. The second-order valence-electron chi connectivity index (χ2n) is 3.13. The van der Waals surface area contributed by atoms with Crippen LogP contribution in [-0.2, 0) is 14.4 Å². The van der Waals surface area contributed by atoms with Crippen molar-refractivity contribution in [1.82, 2.24) is 0 Å². The summed E-state index contributed by atoms with van der Waals surface area (Å²) in [5.74, 6) is 0.190. The summed E-state index contributed by atoms with van der Waals surface area (Å²) in [6, 6.07) is 0. The predicted molar refractivity (Wildman–Crippen MR) is 48.2 cm³/mol. The molecule has 4 heteroatoms. The molecule has 1 N–H and O–H groups in total. The van der Waals surface area contributed by atoms with Crippen LogP contribution in [0.1, 0.15) is 33.1 Å². The molecule has 0 spiro atoms. The van der Waals surface area contributed by atoms with Gasteiger partial charge < -0.3 is 4.74 Å². The molecule has 0 bridgehead atoms. The summed E-state index contributed by atoms with van der Waals surface area (Å²) in [6.45, 7) is 4.75. The minimum atomic E-state index is -0.225. The van der Waals surface area contributed by atoms with Gasteiger partial charge in [0.1, 0.15) is 0 Å². The topological polar surface area (TPSA) is 55.8 Å². The Morgan fingerprint density at radius 2 is 2.23 bits per heavy atom. The molecular weight excluding hydrogens is 172 g/mol. The van der Waals surface area contributed by atoms with E-state index < -0.39 is 0 Å². The standard InChI is InChI=1S/C9H18O4/c1-3-8(2)7-12-9(10)5-4-6-13-11/h8,11H,3-7H2,1-2H3. The minimum Gasteiger partial charge on any atom is -0.465 e. The lowest BCUT2D eigenvalue weighted by molar-refractivity contribution is -0.242. The van der Waals surface area contributed by atoms with Gasteiger partial charge in [0.25, 0.3) is 0 Å². The zero-order valence-corrected chi connectivity index (χ0v) is 8.28. The van der Waals surface area contributed by atoms with E-state index >= 15 is 0 Å². The third-order valence-corrected chi connectivity index (χ3v) is 1.84. The third kappa shape index (κ3) is 7.74. The number of hydrogen-bond donors (Lipinski definition) is 1. The average molecular weight is 190 g/mol. The highest BCUT2D eigenvalue weighted by Gasteiger charge is 2.05. The van der Waals surface area contributed by atoms with E-state index in [1.165, 1.54) is 0 Å². The van der Waals surface area contributed by atoms with Crippen LogP contribution in [0.3, 0.4) is 0 Å². The lowest BCUT2D eigenvalue weighted by Crippen LogP contribution is -2.11. The van der Waals surface area contributed by atoms with E-state index in [1.807, 2.05) is 6.92 Å². The molecule has 0 aromatic heterocycles. The Morgan fingerprint density at radius 1 is 1.54 bits per heavy atom. The van der Waals surface area contributed by atoms with Crippen molar-refractivity contribution in [2.45, 2.75) is 33.1 Å². The monoisotopic (exact) mass is 190 g/mol. The summed E-state index contributed by atoms with van der Waals surface area (Å²) < 4.78 is 4.97. The van der Waals surface area contributed by atoms with Crippen molar-refractivity contribution in [3.63, 3.8) is 0 Å². The van der Waals surface area contributed by atoms with Gasteiger partial charge in [-0.3, -0.25) is 10.1 Å². The summed E-state index contributed by atoms with van der Waals surface area (Å²) in [5, 5.41) is 7.98. The zero-order chi connectivity index (χ0) is 10.1. The molecule has 0 aromatic rings. The maximum absolute atomic E-state index is 11.0. The van der Waals surface area contributed by atoms with E-state index in [9.17, 15) is 4.79 Å². The summed E-state index contributed by atoms with van der Waals surface area (Å²) >= 11 is 0. The maximum Gasteiger partial charge on any atom is 0.305 e. The first-order valence-corrected chi connectivity index (χ1v) is 4.62. The summed E-state index contributed by atoms with van der Waals surface area (Å²) in [6.07, 6.45) is 1.81. The van der Waals surface area contributed by atoms with Crippen LogP contribution < -0.4 is 0 Å². The minimum absolute atomic E-state index is 0.179. The van der Waals surface area contributed by atoms with Crippen molar-refractivity contribution in [2.24, 2.45) is 5.92 Å². The second-order valence-corrected chi connectivity index (χ2v) is 3.13. The number of carbonyl (C=O) groups is 1. The van der Waals surface area contributed by atoms with Crippen LogP contribution in [0.2, 0.25) is 0 Å². The highest BCUT2D eigenvalue weighted by atomic mass is 17.1. The van der Waals surface area contributed by atoms with E-state index in [-0.39, 0.29) is 12.6 Å². The molecule has 1 atom stereocenters. The first-order valence-electron chi connectivity index (χ1n) is 4.62. The second kappa shape index (κ2) is 8.01. The molecule has 0 aliphatic carbocycles. The molecule has 1 unspecified atom stereocenters. The quantitative estimate of drug-likeness (QED) is 0.288. The molecule has 0 rings (SSSR count). The largest absolute Gasteiger partial charge is 0.465 e. The van der Waals surface area contributed by atoms with E-state index in [0.717, 1.165) is 6.42 Å². The lowest BCUT2D eigenvalue weighted by atomic mass is 10.1. The summed E-state index contributed by atoms with van der Waals surface area (Å²) in [7, 11) is 0. The number of hydrogen-bond acceptors (Lipinski definition) is 4. The smallest absolute Gasteiger partial charge is 0.305 e. The van der Waals surface area contributed by atoms with E-state index in [1.54, 1.807) is 0 Å². The van der Waals surface area contributed by atoms with Gasteiger partial charge >= 0.3 is 5.97 Å². The van der Waals surface area contributed by atoms with Gasteiger partial charge in [-0.1, -0.05) is 20.3 Å². The Balaban J connectivity index is 3.30. The number of esters is 1. The molecule has 0 aliphatic rings. The Hall–Kier alpha value is -0.610. The number of carbonyl (C=O) groups excluding carboxylic acids is 1. The van der Waals surface area contributed by atoms with E-state index in [4.69, 9.17) is 9.99 Å². The molecule has 0 fully saturated rings. The van der Waals surface area contributed by atoms with Crippen LogP contribution in [0.15, 0.2) is 0 Å². The summed E-state index contributed by atoms with van der Waals surface area (Å²) in [4.78, 5) is 14.8. The van der Waals surface area contributed by atoms with Crippen molar-refractivity contribution in [3.8, 4) is 0 Å². The number of ether oxygens (including phenoxy) is 1. The van der Waals surface area contributed by atoms with Gasteiger partial charge in [-0.25, -0.2) is 4.89 Å². The molecule has 78 valence electrons. The Bertz CT molecular complexity index is 136. The third-order valence-electron chi connectivity index (χ3n) is 1.84. The maximum atomic E-state index is 11.0. The molecule has 0 saturated heterocycles. The van der Waals surface area contributed by atoms with Crippen LogP contribution in [-0.4, -0.2) is 24.4 Å². The first-order chi connectivity index (χ1) is 6.20. The highest BCUT2D eigenvalue weighted by molar-refractivity contribution is 5.69. The molecule has 0 aromatic carbocycles. The van der Waals surface area contributed by atoms with Crippen molar-refractivity contribution < 1.29 is 19.7 Å². The fraction of sp³-hybridized carbons (Fsp3) is 0.889. The van der Waals surface area contributed by atoms with Crippen LogP contribution in [0, 0.1) is 5.92 Å². The van der Waals surface area contributed by atoms with E-state index in [2.05, 4.69) is 11.8 Å². The lowest BCUT2D eigenvalue weighted by Gasteiger charge is -2.08. The fourth-order valence-electron chi connectivity index (χ4n) is 0.706. The van der Waals surface area contributed by atoms with Gasteiger partial charge in [-0.2, -0.15) is 0 Å².